The van der Waals surface area contributed by atoms with Crippen molar-refractivity contribution >= 4 is 31.8 Å². The average Bonchev–Trinajstić information content (AvgIpc) is 3.44. The van der Waals surface area contributed by atoms with Crippen LogP contribution in [0, 0.1) is 5.92 Å². The maximum absolute atomic E-state index is 13.0. The van der Waals surface area contributed by atoms with E-state index in [0.717, 1.165) is 55.3 Å². The van der Waals surface area contributed by atoms with E-state index in [1.807, 2.05) is 30.3 Å². The quantitative estimate of drug-likeness (QED) is 0.428. The Morgan fingerprint density at radius 1 is 1.18 bits per heavy atom. The number of methoxy groups -OCH3 is 1. The summed E-state index contributed by atoms with van der Waals surface area (Å²) < 4.78 is 14.4. The number of pyridine rings is 1. The van der Waals surface area contributed by atoms with Crippen LogP contribution in [0.15, 0.2) is 46.1 Å². The van der Waals surface area contributed by atoms with E-state index in [9.17, 15) is 9.59 Å². The SMILES string of the molecule is COc1cccc2c1[C@H]1CN(CCCCn3c(=O)[nH]c4c(sc5cccnc54)c3=O)C[C@@H]1CO2. The molecular formula is C25H26N4O4S. The zero-order valence-corrected chi connectivity index (χ0v) is 19.8. The predicted molar refractivity (Wildman–Crippen MR) is 132 cm³/mol. The van der Waals surface area contributed by atoms with Gasteiger partial charge in [0.25, 0.3) is 5.56 Å². The molecule has 8 nitrogen and oxygen atoms in total. The van der Waals surface area contributed by atoms with E-state index in [0.29, 0.717) is 34.1 Å². The Morgan fingerprint density at radius 3 is 2.94 bits per heavy atom. The molecule has 1 N–H and O–H groups in total. The Balaban J connectivity index is 1.12. The average molecular weight is 479 g/mol. The number of aromatic amines is 1. The highest BCUT2D eigenvalue weighted by Gasteiger charge is 2.40. The number of nitrogens with zero attached hydrogens (tertiary/aromatic N) is 3. The van der Waals surface area contributed by atoms with Crippen LogP contribution in [0.5, 0.6) is 11.5 Å². The van der Waals surface area contributed by atoms with Gasteiger partial charge in [0.1, 0.15) is 21.7 Å². The summed E-state index contributed by atoms with van der Waals surface area (Å²) in [6.07, 6.45) is 3.35. The van der Waals surface area contributed by atoms with E-state index in [1.165, 1.54) is 21.5 Å². The zero-order valence-electron chi connectivity index (χ0n) is 19.0. The monoisotopic (exact) mass is 478 g/mol. The van der Waals surface area contributed by atoms with Crippen LogP contribution in [0.25, 0.3) is 20.4 Å². The maximum Gasteiger partial charge on any atom is 0.328 e. The number of nitrogens with one attached hydrogen (secondary N) is 1. The molecule has 0 aliphatic carbocycles. The van der Waals surface area contributed by atoms with Crippen molar-refractivity contribution in [3.63, 3.8) is 0 Å². The van der Waals surface area contributed by atoms with Crippen LogP contribution < -0.4 is 20.7 Å². The highest BCUT2D eigenvalue weighted by molar-refractivity contribution is 7.25. The van der Waals surface area contributed by atoms with Gasteiger partial charge >= 0.3 is 5.69 Å². The maximum atomic E-state index is 13.0. The Bertz CT molecular complexity index is 1480. The number of unbranched alkanes of at least 4 members (excludes halogenated alkanes) is 1. The van der Waals surface area contributed by atoms with Gasteiger partial charge in [0.15, 0.2) is 0 Å². The van der Waals surface area contributed by atoms with Gasteiger partial charge in [-0.3, -0.25) is 14.3 Å². The Kier molecular flexibility index (Phi) is 5.38. The number of hydrogen-bond acceptors (Lipinski definition) is 7. The number of hydrogen-bond donors (Lipinski definition) is 1. The minimum Gasteiger partial charge on any atom is -0.496 e. The Labute approximate surface area is 199 Å². The fourth-order valence-electron chi connectivity index (χ4n) is 5.42. The van der Waals surface area contributed by atoms with E-state index in [2.05, 4.69) is 14.9 Å². The molecule has 1 fully saturated rings. The van der Waals surface area contributed by atoms with E-state index in [1.54, 1.807) is 13.3 Å². The molecule has 3 aromatic heterocycles. The smallest absolute Gasteiger partial charge is 0.328 e. The second-order valence-corrected chi connectivity index (χ2v) is 10.1. The summed E-state index contributed by atoms with van der Waals surface area (Å²) in [5.41, 5.74) is 1.82. The molecule has 0 amide bonds. The number of thiophene rings is 1. The van der Waals surface area contributed by atoms with Gasteiger partial charge in [-0.2, -0.15) is 0 Å². The Hall–Kier alpha value is -3.17. The van der Waals surface area contributed by atoms with E-state index in [-0.39, 0.29) is 11.2 Å². The fourth-order valence-corrected chi connectivity index (χ4v) is 6.49. The molecule has 34 heavy (non-hydrogen) atoms. The first-order valence-electron chi connectivity index (χ1n) is 11.7. The third-order valence-electron chi connectivity index (χ3n) is 7.06. The Morgan fingerprint density at radius 2 is 2.06 bits per heavy atom. The minimum absolute atomic E-state index is 0.227. The number of ether oxygens (including phenoxy) is 2. The number of rotatable bonds is 6. The van der Waals surface area contributed by atoms with Gasteiger partial charge < -0.3 is 19.4 Å². The lowest BCUT2D eigenvalue weighted by molar-refractivity contribution is 0.209. The fraction of sp³-hybridized carbons (Fsp3) is 0.400. The van der Waals surface area contributed by atoms with Crippen LogP contribution in [-0.4, -0.2) is 52.8 Å². The predicted octanol–water partition coefficient (Wildman–Crippen LogP) is 3.20. The van der Waals surface area contributed by atoms with Crippen molar-refractivity contribution in [2.45, 2.75) is 25.3 Å². The number of H-pyrrole nitrogens is 1. The summed E-state index contributed by atoms with van der Waals surface area (Å²) in [6, 6.07) is 9.76. The highest BCUT2D eigenvalue weighted by Crippen LogP contribution is 2.46. The summed E-state index contributed by atoms with van der Waals surface area (Å²) in [6.45, 7) is 4.04. The third kappa shape index (κ3) is 3.50. The van der Waals surface area contributed by atoms with E-state index >= 15 is 0 Å². The number of likely N-dealkylation sites (tertiary alicyclic amines) is 1. The number of benzene rings is 1. The lowest BCUT2D eigenvalue weighted by Crippen LogP contribution is -2.34. The summed E-state index contributed by atoms with van der Waals surface area (Å²) in [7, 11) is 1.71. The molecule has 1 saturated heterocycles. The summed E-state index contributed by atoms with van der Waals surface area (Å²) in [5, 5.41) is 0. The molecule has 0 bridgehead atoms. The van der Waals surface area contributed by atoms with Gasteiger partial charge in [-0.25, -0.2) is 4.79 Å². The molecule has 176 valence electrons. The topological polar surface area (TPSA) is 89.5 Å². The van der Waals surface area contributed by atoms with Crippen LogP contribution in [-0.2, 0) is 6.54 Å². The van der Waals surface area contributed by atoms with Gasteiger partial charge in [0.05, 0.1) is 23.9 Å². The molecular weight excluding hydrogens is 452 g/mol. The molecule has 0 unspecified atom stereocenters. The van der Waals surface area contributed by atoms with Crippen molar-refractivity contribution in [1.29, 1.82) is 0 Å². The van der Waals surface area contributed by atoms with Crippen LogP contribution in [0.3, 0.4) is 0 Å². The van der Waals surface area contributed by atoms with Gasteiger partial charge in [-0.05, 0) is 43.7 Å². The van der Waals surface area contributed by atoms with E-state index in [4.69, 9.17) is 9.47 Å². The summed E-state index contributed by atoms with van der Waals surface area (Å²) >= 11 is 1.38. The molecule has 9 heteroatoms. The second-order valence-electron chi connectivity index (χ2n) is 9.06. The molecule has 5 heterocycles. The molecule has 6 rings (SSSR count). The third-order valence-corrected chi connectivity index (χ3v) is 8.19. The second kappa shape index (κ2) is 8.56. The molecule has 2 atom stereocenters. The number of aromatic nitrogens is 3. The van der Waals surface area contributed by atoms with Gasteiger partial charge in [-0.1, -0.05) is 6.07 Å². The largest absolute Gasteiger partial charge is 0.496 e. The molecule has 0 spiro atoms. The van der Waals surface area contributed by atoms with Crippen molar-refractivity contribution in [2.24, 2.45) is 5.92 Å². The van der Waals surface area contributed by atoms with Gasteiger partial charge in [0.2, 0.25) is 0 Å². The van der Waals surface area contributed by atoms with E-state index < -0.39 is 0 Å². The van der Waals surface area contributed by atoms with Crippen LogP contribution in [0.1, 0.15) is 24.3 Å². The standard InChI is InChI=1S/C25H26N4O4S/c1-32-17-6-4-7-18-20(17)16-13-28(12-15(16)14-33-18)10-2-3-11-29-24(30)23-22(27-25(29)31)21-19(34-23)8-5-9-26-21/h4-9,15-16H,2-3,10-14H2,1H3,(H,27,31)/t15-,16+/m1/s1. The molecule has 2 aliphatic rings. The van der Waals surface area contributed by atoms with Crippen LogP contribution in [0.4, 0.5) is 0 Å². The first-order chi connectivity index (χ1) is 16.6. The normalized spacial score (nSPS) is 19.8. The highest BCUT2D eigenvalue weighted by atomic mass is 32.1. The van der Waals surface area contributed by atoms with Crippen molar-refractivity contribution < 1.29 is 9.47 Å². The molecule has 1 aromatic carbocycles. The first-order valence-corrected chi connectivity index (χ1v) is 12.5. The lowest BCUT2D eigenvalue weighted by atomic mass is 9.86. The summed E-state index contributed by atoms with van der Waals surface area (Å²) in [4.78, 5) is 35.3. The van der Waals surface area contributed by atoms with Crippen molar-refractivity contribution in [2.75, 3.05) is 33.4 Å². The van der Waals surface area contributed by atoms with Crippen LogP contribution >= 0.6 is 11.3 Å². The summed E-state index contributed by atoms with van der Waals surface area (Å²) in [5.74, 6) is 2.71. The molecule has 0 saturated carbocycles. The van der Waals surface area contributed by atoms with Crippen molar-refractivity contribution in [3.8, 4) is 11.5 Å². The van der Waals surface area contributed by atoms with Gasteiger partial charge in [0, 0.05) is 43.2 Å². The van der Waals surface area contributed by atoms with Gasteiger partial charge in [-0.15, -0.1) is 11.3 Å². The van der Waals surface area contributed by atoms with Crippen molar-refractivity contribution in [3.05, 3.63) is 62.9 Å². The lowest BCUT2D eigenvalue weighted by Gasteiger charge is -2.29. The molecule has 4 aromatic rings. The molecule has 2 aliphatic heterocycles. The van der Waals surface area contributed by atoms with Crippen molar-refractivity contribution in [1.82, 2.24) is 19.4 Å². The zero-order chi connectivity index (χ0) is 23.2. The first kappa shape index (κ1) is 21.4. The molecule has 0 radical (unpaired) electrons. The minimum atomic E-state index is -0.365. The number of fused-ring (bicyclic) bond motifs is 6. The van der Waals surface area contributed by atoms with Crippen LogP contribution in [0.2, 0.25) is 0 Å².